The molecule has 0 unspecified atom stereocenters. The third-order valence-corrected chi connectivity index (χ3v) is 8.16. The Morgan fingerprint density at radius 1 is 1.20 bits per heavy atom. The molecule has 0 saturated carbocycles. The van der Waals surface area contributed by atoms with Gasteiger partial charge in [-0.15, -0.1) is 0 Å². The Morgan fingerprint density at radius 2 is 1.94 bits per heavy atom. The first-order valence-corrected chi connectivity index (χ1v) is 12.7. The van der Waals surface area contributed by atoms with Gasteiger partial charge in [-0.3, -0.25) is 9.69 Å². The Morgan fingerprint density at radius 3 is 2.63 bits per heavy atom. The van der Waals surface area contributed by atoms with E-state index in [4.69, 9.17) is 9.72 Å². The quantitative estimate of drug-likeness (QED) is 0.628. The Labute approximate surface area is 205 Å². The van der Waals surface area contributed by atoms with Crippen LogP contribution in [-0.4, -0.2) is 70.7 Å². The van der Waals surface area contributed by atoms with Crippen molar-refractivity contribution >= 4 is 22.6 Å². The van der Waals surface area contributed by atoms with Gasteiger partial charge >= 0.3 is 0 Å². The van der Waals surface area contributed by atoms with Gasteiger partial charge in [-0.05, 0) is 45.7 Å². The summed E-state index contributed by atoms with van der Waals surface area (Å²) in [5.41, 5.74) is 4.11. The van der Waals surface area contributed by atoms with Gasteiger partial charge in [0, 0.05) is 55.4 Å². The van der Waals surface area contributed by atoms with Gasteiger partial charge in [0.05, 0.1) is 41.5 Å². The predicted molar refractivity (Wildman–Crippen MR) is 134 cm³/mol. The van der Waals surface area contributed by atoms with Gasteiger partial charge in [0.25, 0.3) is 0 Å². The van der Waals surface area contributed by atoms with Crippen LogP contribution in [-0.2, 0) is 16.7 Å². The maximum Gasteiger partial charge on any atom is 0.213 e. The van der Waals surface area contributed by atoms with E-state index in [9.17, 15) is 10.1 Å². The Kier molecular flexibility index (Phi) is 5.24. The number of ketones is 1. The zero-order valence-corrected chi connectivity index (χ0v) is 20.7. The van der Waals surface area contributed by atoms with E-state index in [1.54, 1.807) is 6.07 Å². The molecule has 35 heavy (non-hydrogen) atoms. The SMILES string of the molecule is CCn1c(N2CCC(N3CCOCC3)CC2)nc2c1C(=O)c1c([nH]c3cc(C#N)ccc13)C2(C)C. The fourth-order valence-electron chi connectivity index (χ4n) is 6.23. The number of nitrogens with one attached hydrogen (secondary N) is 1. The number of imidazole rings is 1. The van der Waals surface area contributed by atoms with E-state index in [0.717, 1.165) is 80.5 Å². The van der Waals surface area contributed by atoms with Gasteiger partial charge in [-0.1, -0.05) is 6.07 Å². The minimum atomic E-state index is -0.453. The van der Waals surface area contributed by atoms with Crippen molar-refractivity contribution in [3.63, 3.8) is 0 Å². The number of nitrogens with zero attached hydrogens (tertiary/aromatic N) is 5. The lowest BCUT2D eigenvalue weighted by Crippen LogP contribution is -2.49. The maximum atomic E-state index is 14.0. The zero-order chi connectivity index (χ0) is 24.3. The third kappa shape index (κ3) is 3.33. The first-order valence-electron chi connectivity index (χ1n) is 12.7. The standard InChI is InChI=1S/C27H32N6O2/c1-4-33-22-23(34)21-19-6-5-17(16-28)15-20(19)29-24(21)27(2,3)25(22)30-26(33)32-9-7-18(8-10-32)31-11-13-35-14-12-31/h5-6,15,18,29H,4,7-14H2,1-3H3. The highest BCUT2D eigenvalue weighted by atomic mass is 16.5. The van der Waals surface area contributed by atoms with Crippen molar-refractivity contribution in [2.24, 2.45) is 0 Å². The number of anilines is 1. The van der Waals surface area contributed by atoms with Crippen LogP contribution in [0.2, 0.25) is 0 Å². The highest BCUT2D eigenvalue weighted by Crippen LogP contribution is 2.45. The number of aromatic nitrogens is 3. The van der Waals surface area contributed by atoms with Crippen LogP contribution < -0.4 is 4.90 Å². The lowest BCUT2D eigenvalue weighted by molar-refractivity contribution is 0.0114. The van der Waals surface area contributed by atoms with Crippen LogP contribution in [0.15, 0.2) is 18.2 Å². The molecule has 2 aliphatic heterocycles. The first kappa shape index (κ1) is 22.3. The fraction of sp³-hybridized carbons (Fsp3) is 0.519. The summed E-state index contributed by atoms with van der Waals surface area (Å²) in [6.07, 6.45) is 2.20. The second kappa shape index (κ2) is 8.21. The van der Waals surface area contributed by atoms with Crippen molar-refractivity contribution in [2.45, 2.75) is 51.6 Å². The molecule has 3 aliphatic rings. The van der Waals surface area contributed by atoms with Crippen molar-refractivity contribution in [3.8, 4) is 6.07 Å². The molecular formula is C27H32N6O2. The number of ether oxygens (including phenoxy) is 1. The molecule has 1 aromatic carbocycles. The summed E-state index contributed by atoms with van der Waals surface area (Å²) < 4.78 is 7.66. The number of piperidine rings is 1. The average Bonchev–Trinajstić information content (AvgIpc) is 3.48. The molecule has 1 N–H and O–H groups in total. The smallest absolute Gasteiger partial charge is 0.213 e. The molecule has 8 nitrogen and oxygen atoms in total. The van der Waals surface area contributed by atoms with E-state index in [-0.39, 0.29) is 5.78 Å². The monoisotopic (exact) mass is 472 g/mol. The Hall–Kier alpha value is -3.15. The highest BCUT2D eigenvalue weighted by Gasteiger charge is 2.44. The minimum Gasteiger partial charge on any atom is -0.379 e. The van der Waals surface area contributed by atoms with Crippen molar-refractivity contribution < 1.29 is 9.53 Å². The van der Waals surface area contributed by atoms with E-state index in [2.05, 4.69) is 46.2 Å². The number of hydrogen-bond donors (Lipinski definition) is 1. The number of benzene rings is 1. The molecule has 2 fully saturated rings. The number of rotatable bonds is 3. The number of carbonyl (C=O) groups is 1. The number of fused-ring (bicyclic) bond motifs is 4. The first-order chi connectivity index (χ1) is 16.9. The molecule has 0 amide bonds. The summed E-state index contributed by atoms with van der Waals surface area (Å²) in [6, 6.07) is 8.29. The highest BCUT2D eigenvalue weighted by molar-refractivity contribution is 6.19. The summed E-state index contributed by atoms with van der Waals surface area (Å²) >= 11 is 0. The van der Waals surface area contributed by atoms with Gasteiger partial charge in [0.15, 0.2) is 0 Å². The molecule has 0 radical (unpaired) electrons. The number of aromatic amines is 1. The van der Waals surface area contributed by atoms with Crippen molar-refractivity contribution in [1.29, 1.82) is 5.26 Å². The topological polar surface area (TPSA) is 90.2 Å². The molecule has 4 heterocycles. The molecule has 3 aromatic rings. The second-order valence-corrected chi connectivity index (χ2v) is 10.4. The van der Waals surface area contributed by atoms with E-state index in [0.29, 0.717) is 29.4 Å². The lowest BCUT2D eigenvalue weighted by Gasteiger charge is -2.40. The number of carbonyl (C=O) groups excluding carboxylic acids is 1. The van der Waals surface area contributed by atoms with Gasteiger partial charge in [0.2, 0.25) is 11.7 Å². The van der Waals surface area contributed by atoms with Crippen LogP contribution in [0.3, 0.4) is 0 Å². The third-order valence-electron chi connectivity index (χ3n) is 8.16. The summed E-state index contributed by atoms with van der Waals surface area (Å²) in [5.74, 6) is 0.940. The van der Waals surface area contributed by atoms with Crippen LogP contribution in [0.5, 0.6) is 0 Å². The van der Waals surface area contributed by atoms with Crippen LogP contribution in [0.25, 0.3) is 10.9 Å². The number of hydrogen-bond acceptors (Lipinski definition) is 6. The summed E-state index contributed by atoms with van der Waals surface area (Å²) in [5, 5.41) is 10.2. The molecule has 0 bridgehead atoms. The van der Waals surface area contributed by atoms with Crippen LogP contribution in [0.1, 0.15) is 66.6 Å². The fourth-order valence-corrected chi connectivity index (χ4v) is 6.23. The second-order valence-electron chi connectivity index (χ2n) is 10.4. The molecule has 2 aromatic heterocycles. The van der Waals surface area contributed by atoms with E-state index >= 15 is 0 Å². The number of nitriles is 1. The molecule has 6 rings (SSSR count). The maximum absolute atomic E-state index is 14.0. The van der Waals surface area contributed by atoms with E-state index < -0.39 is 5.41 Å². The van der Waals surface area contributed by atoms with Crippen molar-refractivity contribution in [2.75, 3.05) is 44.3 Å². The van der Waals surface area contributed by atoms with Gasteiger partial charge in [-0.2, -0.15) is 5.26 Å². The van der Waals surface area contributed by atoms with Crippen LogP contribution in [0, 0.1) is 11.3 Å². The number of H-pyrrole nitrogens is 1. The zero-order valence-electron chi connectivity index (χ0n) is 20.7. The molecular weight excluding hydrogens is 440 g/mol. The van der Waals surface area contributed by atoms with Crippen molar-refractivity contribution in [3.05, 3.63) is 46.4 Å². The van der Waals surface area contributed by atoms with Crippen LogP contribution >= 0.6 is 0 Å². The summed E-state index contributed by atoms with van der Waals surface area (Å²) in [4.78, 5) is 27.5. The van der Waals surface area contributed by atoms with E-state index in [1.807, 2.05) is 12.1 Å². The van der Waals surface area contributed by atoms with Gasteiger partial charge in [-0.25, -0.2) is 4.98 Å². The predicted octanol–water partition coefficient (Wildman–Crippen LogP) is 3.43. The summed E-state index contributed by atoms with van der Waals surface area (Å²) in [6.45, 7) is 12.6. The number of morpholine rings is 1. The molecule has 0 spiro atoms. The summed E-state index contributed by atoms with van der Waals surface area (Å²) in [7, 11) is 0. The van der Waals surface area contributed by atoms with Crippen LogP contribution in [0.4, 0.5) is 5.95 Å². The Balaban J connectivity index is 1.37. The minimum absolute atomic E-state index is 0.0223. The van der Waals surface area contributed by atoms with E-state index in [1.165, 1.54) is 0 Å². The molecule has 8 heteroatoms. The average molecular weight is 473 g/mol. The largest absolute Gasteiger partial charge is 0.379 e. The van der Waals surface area contributed by atoms with Gasteiger partial charge in [0.1, 0.15) is 5.69 Å². The lowest BCUT2D eigenvalue weighted by atomic mass is 9.76. The Bertz CT molecular complexity index is 1350. The van der Waals surface area contributed by atoms with Gasteiger partial charge < -0.3 is 19.2 Å². The molecule has 182 valence electrons. The molecule has 1 aliphatic carbocycles. The molecule has 2 saturated heterocycles. The van der Waals surface area contributed by atoms with Crippen molar-refractivity contribution in [1.82, 2.24) is 19.4 Å². The normalized spacial score (nSPS) is 20.6. The molecule has 0 atom stereocenters.